The molecule has 0 aromatic heterocycles. The Labute approximate surface area is 108 Å². The van der Waals surface area contributed by atoms with Gasteiger partial charge in [0.1, 0.15) is 11.5 Å². The van der Waals surface area contributed by atoms with Crippen LogP contribution < -0.4 is 4.74 Å². The van der Waals surface area contributed by atoms with Gasteiger partial charge in [-0.25, -0.2) is 0 Å². The van der Waals surface area contributed by atoms with E-state index in [-0.39, 0.29) is 0 Å². The molecule has 0 N–H and O–H groups in total. The van der Waals surface area contributed by atoms with Crippen LogP contribution in [0.1, 0.15) is 24.8 Å². The van der Waals surface area contributed by atoms with Gasteiger partial charge in [-0.2, -0.15) is 0 Å². The van der Waals surface area contributed by atoms with E-state index in [1.165, 1.54) is 0 Å². The second-order valence-corrected chi connectivity index (χ2v) is 4.83. The molecule has 1 aromatic carbocycles. The lowest BCUT2D eigenvalue weighted by atomic mass is 9.92. The molecular weight excluding hydrogens is 228 g/mol. The van der Waals surface area contributed by atoms with Crippen molar-refractivity contribution in [2.24, 2.45) is 5.92 Å². The fourth-order valence-electron chi connectivity index (χ4n) is 2.35. The summed E-state index contributed by atoms with van der Waals surface area (Å²) in [6.45, 7) is 1.61. The monoisotopic (exact) mass is 248 g/mol. The highest BCUT2D eigenvalue weighted by Crippen LogP contribution is 2.20. The van der Waals surface area contributed by atoms with Crippen molar-refractivity contribution in [2.45, 2.75) is 25.7 Å². The van der Waals surface area contributed by atoms with Gasteiger partial charge in [-0.15, -0.1) is 0 Å². The van der Waals surface area contributed by atoms with E-state index in [9.17, 15) is 4.79 Å². The van der Waals surface area contributed by atoms with Gasteiger partial charge in [0, 0.05) is 26.1 Å². The normalized spacial score (nSPS) is 16.5. The number of benzene rings is 1. The molecule has 98 valence electrons. The first kappa shape index (κ1) is 13.1. The molecule has 1 saturated heterocycles. The van der Waals surface area contributed by atoms with Gasteiger partial charge in [0.05, 0.1) is 7.11 Å². The van der Waals surface area contributed by atoms with E-state index in [4.69, 9.17) is 9.47 Å². The van der Waals surface area contributed by atoms with Crippen LogP contribution in [0.25, 0.3) is 0 Å². The van der Waals surface area contributed by atoms with Crippen molar-refractivity contribution in [3.63, 3.8) is 0 Å². The lowest BCUT2D eigenvalue weighted by Crippen LogP contribution is -2.19. The van der Waals surface area contributed by atoms with Gasteiger partial charge in [0.2, 0.25) is 0 Å². The molecule has 0 bridgehead atoms. The summed E-state index contributed by atoms with van der Waals surface area (Å²) < 4.78 is 10.5. The van der Waals surface area contributed by atoms with Crippen LogP contribution in [0.2, 0.25) is 0 Å². The third kappa shape index (κ3) is 3.84. The van der Waals surface area contributed by atoms with Gasteiger partial charge in [-0.3, -0.25) is 4.79 Å². The lowest BCUT2D eigenvalue weighted by Gasteiger charge is -2.21. The van der Waals surface area contributed by atoms with Crippen molar-refractivity contribution in [2.75, 3.05) is 20.3 Å². The highest BCUT2D eigenvalue weighted by molar-refractivity contribution is 5.81. The van der Waals surface area contributed by atoms with Crippen LogP contribution in [0.5, 0.6) is 5.75 Å². The lowest BCUT2D eigenvalue weighted by molar-refractivity contribution is -0.120. The zero-order valence-electron chi connectivity index (χ0n) is 10.9. The number of carbonyl (C=O) groups excluding carboxylic acids is 1. The fourth-order valence-corrected chi connectivity index (χ4v) is 2.35. The van der Waals surface area contributed by atoms with E-state index < -0.39 is 0 Å². The van der Waals surface area contributed by atoms with Crippen molar-refractivity contribution >= 4 is 5.78 Å². The predicted molar refractivity (Wildman–Crippen MR) is 69.9 cm³/mol. The van der Waals surface area contributed by atoms with Gasteiger partial charge in [-0.1, -0.05) is 12.1 Å². The molecule has 0 atom stereocenters. The van der Waals surface area contributed by atoms with E-state index >= 15 is 0 Å². The van der Waals surface area contributed by atoms with Gasteiger partial charge < -0.3 is 9.47 Å². The Morgan fingerprint density at radius 2 is 2.17 bits per heavy atom. The Morgan fingerprint density at radius 3 is 2.89 bits per heavy atom. The summed E-state index contributed by atoms with van der Waals surface area (Å²) in [6, 6.07) is 7.73. The highest BCUT2D eigenvalue weighted by atomic mass is 16.5. The molecule has 1 heterocycles. The molecule has 0 unspecified atom stereocenters. The third-order valence-corrected chi connectivity index (χ3v) is 3.39. The molecule has 1 aliphatic heterocycles. The Balaban J connectivity index is 1.85. The third-order valence-electron chi connectivity index (χ3n) is 3.39. The van der Waals surface area contributed by atoms with E-state index in [2.05, 4.69) is 0 Å². The van der Waals surface area contributed by atoms with Gasteiger partial charge in [0.15, 0.2) is 0 Å². The van der Waals surface area contributed by atoms with Crippen LogP contribution in [0, 0.1) is 5.92 Å². The quantitative estimate of drug-likeness (QED) is 0.803. The molecule has 1 aliphatic rings. The van der Waals surface area contributed by atoms with Crippen molar-refractivity contribution in [3.05, 3.63) is 29.8 Å². The molecule has 18 heavy (non-hydrogen) atoms. The second kappa shape index (κ2) is 6.55. The molecule has 3 heteroatoms. The molecule has 3 nitrogen and oxygen atoms in total. The molecule has 1 fully saturated rings. The Morgan fingerprint density at radius 1 is 1.39 bits per heavy atom. The number of ether oxygens (including phenoxy) is 2. The van der Waals surface area contributed by atoms with Crippen molar-refractivity contribution in [1.82, 2.24) is 0 Å². The SMILES string of the molecule is COc1cccc(CC(=O)CC2CCOCC2)c1. The van der Waals surface area contributed by atoms with E-state index in [1.54, 1.807) is 7.11 Å². The summed E-state index contributed by atoms with van der Waals surface area (Å²) in [6.07, 6.45) is 3.23. The average Bonchev–Trinajstić information content (AvgIpc) is 2.40. The smallest absolute Gasteiger partial charge is 0.137 e. The van der Waals surface area contributed by atoms with E-state index in [0.29, 0.717) is 24.5 Å². The minimum absolute atomic E-state index is 0.315. The van der Waals surface area contributed by atoms with Crippen molar-refractivity contribution in [1.29, 1.82) is 0 Å². The highest BCUT2D eigenvalue weighted by Gasteiger charge is 2.17. The minimum atomic E-state index is 0.315. The van der Waals surface area contributed by atoms with Crippen LogP contribution in [0.15, 0.2) is 24.3 Å². The largest absolute Gasteiger partial charge is 0.497 e. The zero-order chi connectivity index (χ0) is 12.8. The number of hydrogen-bond donors (Lipinski definition) is 0. The summed E-state index contributed by atoms with van der Waals surface area (Å²) in [7, 11) is 1.64. The summed E-state index contributed by atoms with van der Waals surface area (Å²) in [5.74, 6) is 1.64. The Hall–Kier alpha value is -1.35. The molecule has 0 aliphatic carbocycles. The van der Waals surface area contributed by atoms with Gasteiger partial charge in [-0.05, 0) is 36.5 Å². The molecular formula is C15H20O3. The maximum absolute atomic E-state index is 12.0. The Kier molecular flexibility index (Phi) is 4.76. The first-order valence-electron chi connectivity index (χ1n) is 6.50. The number of hydrogen-bond acceptors (Lipinski definition) is 3. The molecule has 0 amide bonds. The molecule has 0 radical (unpaired) electrons. The molecule has 0 saturated carbocycles. The van der Waals surface area contributed by atoms with Crippen LogP contribution in [-0.4, -0.2) is 26.1 Å². The van der Waals surface area contributed by atoms with Crippen molar-refractivity contribution in [3.8, 4) is 5.75 Å². The second-order valence-electron chi connectivity index (χ2n) is 4.83. The first-order valence-corrected chi connectivity index (χ1v) is 6.50. The van der Waals surface area contributed by atoms with Gasteiger partial charge in [0.25, 0.3) is 0 Å². The fraction of sp³-hybridized carbons (Fsp3) is 0.533. The minimum Gasteiger partial charge on any atom is -0.497 e. The standard InChI is InChI=1S/C15H20O3/c1-17-15-4-2-3-13(11-15)10-14(16)9-12-5-7-18-8-6-12/h2-4,11-12H,5-10H2,1H3. The summed E-state index contributed by atoms with van der Waals surface area (Å²) in [5, 5.41) is 0. The maximum atomic E-state index is 12.0. The number of methoxy groups -OCH3 is 1. The van der Waals surface area contributed by atoms with Crippen LogP contribution >= 0.6 is 0 Å². The van der Waals surface area contributed by atoms with E-state index in [0.717, 1.165) is 37.4 Å². The summed E-state index contributed by atoms with van der Waals surface area (Å²) in [4.78, 5) is 12.0. The number of carbonyl (C=O) groups is 1. The number of ketones is 1. The molecule has 2 rings (SSSR count). The number of Topliss-reactive ketones (excluding diaryl/α,β-unsaturated/α-hetero) is 1. The Bertz CT molecular complexity index is 394. The molecule has 1 aromatic rings. The predicted octanol–water partition coefficient (Wildman–Crippen LogP) is 2.62. The summed E-state index contributed by atoms with van der Waals surface area (Å²) >= 11 is 0. The number of rotatable bonds is 5. The van der Waals surface area contributed by atoms with Crippen molar-refractivity contribution < 1.29 is 14.3 Å². The summed E-state index contributed by atoms with van der Waals surface area (Å²) in [5.41, 5.74) is 1.03. The van der Waals surface area contributed by atoms with Crippen LogP contribution in [0.4, 0.5) is 0 Å². The zero-order valence-corrected chi connectivity index (χ0v) is 10.9. The topological polar surface area (TPSA) is 35.5 Å². The van der Waals surface area contributed by atoms with Gasteiger partial charge >= 0.3 is 0 Å². The molecule has 0 spiro atoms. The first-order chi connectivity index (χ1) is 8.78. The average molecular weight is 248 g/mol. The maximum Gasteiger partial charge on any atom is 0.137 e. The van der Waals surface area contributed by atoms with Crippen LogP contribution in [-0.2, 0) is 16.0 Å². The van der Waals surface area contributed by atoms with E-state index in [1.807, 2.05) is 24.3 Å². The van der Waals surface area contributed by atoms with Crippen LogP contribution in [0.3, 0.4) is 0 Å².